The maximum Gasteiger partial charge on any atom is 0.410 e. The average molecular weight is 448 g/mol. The molecule has 2 N–H and O–H groups in total. The minimum Gasteiger partial charge on any atom is -0.477 e. The van der Waals surface area contributed by atoms with Crippen LogP contribution >= 0.6 is 11.6 Å². The number of anilines is 2. The van der Waals surface area contributed by atoms with Crippen LogP contribution in [0.15, 0.2) is 18.6 Å². The van der Waals surface area contributed by atoms with E-state index in [1.165, 1.54) is 0 Å². The number of aromatic amines is 1. The third-order valence-electron chi connectivity index (χ3n) is 4.80. The molecule has 3 aromatic rings. The number of amides is 1. The highest BCUT2D eigenvalue weighted by molar-refractivity contribution is 6.35. The van der Waals surface area contributed by atoms with Crippen LogP contribution in [0, 0.1) is 5.92 Å². The summed E-state index contributed by atoms with van der Waals surface area (Å²) in [5.74, 6) is 0.930. The zero-order chi connectivity index (χ0) is 22.2. The van der Waals surface area contributed by atoms with Crippen LogP contribution in [0.5, 0.6) is 5.88 Å². The summed E-state index contributed by atoms with van der Waals surface area (Å²) >= 11 is 6.32. The molecule has 1 aliphatic heterocycles. The van der Waals surface area contributed by atoms with E-state index < -0.39 is 5.60 Å². The Balaban J connectivity index is 1.45. The molecule has 10 nitrogen and oxygen atoms in total. The van der Waals surface area contributed by atoms with E-state index in [1.807, 2.05) is 34.0 Å². The van der Waals surface area contributed by atoms with Gasteiger partial charge < -0.3 is 24.7 Å². The molecule has 4 heterocycles. The van der Waals surface area contributed by atoms with Gasteiger partial charge in [0.1, 0.15) is 11.2 Å². The highest BCUT2D eigenvalue weighted by atomic mass is 35.5. The van der Waals surface area contributed by atoms with Crippen molar-refractivity contribution in [2.75, 3.05) is 25.0 Å². The van der Waals surface area contributed by atoms with E-state index in [4.69, 9.17) is 21.1 Å². The van der Waals surface area contributed by atoms with Crippen LogP contribution in [0.2, 0.25) is 5.02 Å². The van der Waals surface area contributed by atoms with Gasteiger partial charge in [-0.1, -0.05) is 11.6 Å². The first-order valence-corrected chi connectivity index (χ1v) is 10.5. The zero-order valence-electron chi connectivity index (χ0n) is 18.0. The molecule has 1 fully saturated rings. The molecule has 0 aliphatic carbocycles. The number of hydrogen-bond donors (Lipinski definition) is 2. The Bertz CT molecular complexity index is 1090. The highest BCUT2D eigenvalue weighted by Crippen LogP contribution is 2.32. The summed E-state index contributed by atoms with van der Waals surface area (Å²) in [6.07, 6.45) is 5.69. The lowest BCUT2D eigenvalue weighted by Gasteiger charge is -2.24. The van der Waals surface area contributed by atoms with Crippen LogP contribution in [0.1, 0.15) is 27.2 Å². The monoisotopic (exact) mass is 447 g/mol. The molecule has 4 rings (SSSR count). The molecular weight excluding hydrogens is 422 g/mol. The van der Waals surface area contributed by atoms with Gasteiger partial charge in [0, 0.05) is 38.4 Å². The summed E-state index contributed by atoms with van der Waals surface area (Å²) in [6.45, 7) is 7.20. The van der Waals surface area contributed by atoms with E-state index in [-0.39, 0.29) is 12.0 Å². The van der Waals surface area contributed by atoms with Gasteiger partial charge in [-0.2, -0.15) is 15.1 Å². The van der Waals surface area contributed by atoms with Crippen LogP contribution in [-0.2, 0) is 11.8 Å². The molecule has 0 unspecified atom stereocenters. The van der Waals surface area contributed by atoms with Gasteiger partial charge in [-0.3, -0.25) is 4.68 Å². The van der Waals surface area contributed by atoms with Gasteiger partial charge in [0.25, 0.3) is 0 Å². The van der Waals surface area contributed by atoms with E-state index in [1.54, 1.807) is 22.0 Å². The van der Waals surface area contributed by atoms with Crippen molar-refractivity contribution in [1.29, 1.82) is 0 Å². The highest BCUT2D eigenvalue weighted by Gasteiger charge is 2.30. The van der Waals surface area contributed by atoms with E-state index in [2.05, 4.69) is 25.4 Å². The van der Waals surface area contributed by atoms with Gasteiger partial charge in [-0.25, -0.2) is 4.79 Å². The van der Waals surface area contributed by atoms with Crippen molar-refractivity contribution in [3.63, 3.8) is 0 Å². The summed E-state index contributed by atoms with van der Waals surface area (Å²) in [5.41, 5.74) is 0.818. The number of aromatic nitrogens is 5. The minimum absolute atomic E-state index is 0.171. The molecular formula is C20H26ClN7O3. The fourth-order valence-electron chi connectivity index (χ4n) is 3.40. The number of hydrogen-bond acceptors (Lipinski definition) is 7. The van der Waals surface area contributed by atoms with E-state index in [0.29, 0.717) is 47.6 Å². The third kappa shape index (κ3) is 5.01. The van der Waals surface area contributed by atoms with Gasteiger partial charge in [-0.05, 0) is 27.2 Å². The number of H-pyrrole nitrogens is 1. The molecule has 0 aromatic carbocycles. The Morgan fingerprint density at radius 2 is 2.19 bits per heavy atom. The Hall–Kier alpha value is -3.01. The molecule has 1 amide bonds. The maximum absolute atomic E-state index is 12.3. The predicted octanol–water partition coefficient (Wildman–Crippen LogP) is 3.72. The SMILES string of the molecule is Cn1cc(Nc2nc(OC[C@@H]3CCN(C(=O)OC(C)(C)C)C3)c3c(Cl)c[nH]c3n2)cn1. The number of ether oxygens (including phenoxy) is 2. The number of fused-ring (bicyclic) bond motifs is 1. The summed E-state index contributed by atoms with van der Waals surface area (Å²) < 4.78 is 13.2. The normalized spacial score (nSPS) is 16.7. The number of rotatable bonds is 5. The number of likely N-dealkylation sites (tertiary alicyclic amines) is 1. The van der Waals surface area contributed by atoms with Crippen molar-refractivity contribution in [3.05, 3.63) is 23.6 Å². The van der Waals surface area contributed by atoms with Gasteiger partial charge >= 0.3 is 6.09 Å². The molecule has 11 heteroatoms. The largest absolute Gasteiger partial charge is 0.477 e. The number of nitrogens with one attached hydrogen (secondary N) is 2. The van der Waals surface area contributed by atoms with Crippen LogP contribution in [0.4, 0.5) is 16.4 Å². The lowest BCUT2D eigenvalue weighted by Crippen LogP contribution is -2.35. The number of carbonyl (C=O) groups excluding carboxylic acids is 1. The van der Waals surface area contributed by atoms with E-state index >= 15 is 0 Å². The number of carbonyl (C=O) groups is 1. The maximum atomic E-state index is 12.3. The topological polar surface area (TPSA) is 110 Å². The lowest BCUT2D eigenvalue weighted by molar-refractivity contribution is 0.0284. The summed E-state index contributed by atoms with van der Waals surface area (Å²) in [7, 11) is 1.83. The first-order chi connectivity index (χ1) is 14.7. The van der Waals surface area contributed by atoms with E-state index in [0.717, 1.165) is 12.1 Å². The second-order valence-corrected chi connectivity index (χ2v) is 9.04. The Morgan fingerprint density at radius 1 is 1.39 bits per heavy atom. The van der Waals surface area contributed by atoms with Gasteiger partial charge in [-0.15, -0.1) is 0 Å². The fraction of sp³-hybridized carbons (Fsp3) is 0.500. The van der Waals surface area contributed by atoms with Crippen LogP contribution in [-0.4, -0.2) is 61.0 Å². The van der Waals surface area contributed by atoms with Crippen LogP contribution < -0.4 is 10.1 Å². The van der Waals surface area contributed by atoms with Crippen molar-refractivity contribution < 1.29 is 14.3 Å². The molecule has 3 aromatic heterocycles. The van der Waals surface area contributed by atoms with E-state index in [9.17, 15) is 4.79 Å². The molecule has 0 bridgehead atoms. The van der Waals surface area contributed by atoms with Gasteiger partial charge in [0.2, 0.25) is 11.8 Å². The molecule has 31 heavy (non-hydrogen) atoms. The summed E-state index contributed by atoms with van der Waals surface area (Å²) in [4.78, 5) is 26.0. The number of aryl methyl sites for hydroxylation is 1. The van der Waals surface area contributed by atoms with Crippen molar-refractivity contribution >= 4 is 40.4 Å². The average Bonchev–Trinajstić information content (AvgIpc) is 3.40. The fourth-order valence-corrected chi connectivity index (χ4v) is 3.62. The van der Waals surface area contributed by atoms with Crippen LogP contribution in [0.25, 0.3) is 11.0 Å². The standard InChI is InChI=1S/C20H26ClN7O3/c1-20(2,3)31-19(29)28-6-5-12(9-28)11-30-17-15-14(21)8-22-16(15)25-18(26-17)24-13-7-23-27(4)10-13/h7-8,10,12H,5-6,9,11H2,1-4H3,(H2,22,24,25,26)/t12-/m1/s1. The van der Waals surface area contributed by atoms with Crippen molar-refractivity contribution in [2.24, 2.45) is 13.0 Å². The second kappa shape index (κ2) is 8.26. The van der Waals surface area contributed by atoms with Gasteiger partial charge in [0.15, 0.2) is 0 Å². The lowest BCUT2D eigenvalue weighted by atomic mass is 10.1. The van der Waals surface area contributed by atoms with Gasteiger partial charge in [0.05, 0.1) is 28.9 Å². The first-order valence-electron chi connectivity index (χ1n) is 10.1. The molecule has 1 atom stereocenters. The molecule has 0 saturated carbocycles. The quantitative estimate of drug-likeness (QED) is 0.613. The summed E-state index contributed by atoms with van der Waals surface area (Å²) in [5, 5.41) is 8.36. The molecule has 166 valence electrons. The third-order valence-corrected chi connectivity index (χ3v) is 5.10. The Morgan fingerprint density at radius 3 is 2.90 bits per heavy atom. The van der Waals surface area contributed by atoms with Crippen molar-refractivity contribution in [3.8, 4) is 5.88 Å². The minimum atomic E-state index is -0.513. The molecule has 1 aliphatic rings. The smallest absolute Gasteiger partial charge is 0.410 e. The second-order valence-electron chi connectivity index (χ2n) is 8.63. The predicted molar refractivity (Wildman–Crippen MR) is 117 cm³/mol. The Labute approximate surface area is 184 Å². The Kier molecular flexibility index (Phi) is 5.65. The molecule has 0 spiro atoms. The molecule has 1 saturated heterocycles. The van der Waals surface area contributed by atoms with Crippen molar-refractivity contribution in [1.82, 2.24) is 29.6 Å². The summed E-state index contributed by atoms with van der Waals surface area (Å²) in [6, 6.07) is 0. The molecule has 0 radical (unpaired) electrons. The first kappa shape index (κ1) is 21.2. The number of halogens is 1. The number of nitrogens with zero attached hydrogens (tertiary/aromatic N) is 5. The van der Waals surface area contributed by atoms with Crippen LogP contribution in [0.3, 0.4) is 0 Å². The zero-order valence-corrected chi connectivity index (χ0v) is 18.7. The van der Waals surface area contributed by atoms with Crippen molar-refractivity contribution in [2.45, 2.75) is 32.8 Å².